The molecule has 8 nitrogen and oxygen atoms in total. The van der Waals surface area contributed by atoms with E-state index in [4.69, 9.17) is 4.98 Å². The van der Waals surface area contributed by atoms with Crippen LogP contribution in [0.3, 0.4) is 0 Å². The predicted molar refractivity (Wildman–Crippen MR) is 124 cm³/mol. The summed E-state index contributed by atoms with van der Waals surface area (Å²) in [6, 6.07) is 5.30. The van der Waals surface area contributed by atoms with Crippen molar-refractivity contribution in [3.63, 3.8) is 0 Å². The Morgan fingerprint density at radius 3 is 2.55 bits per heavy atom. The number of hydrogen-bond donors (Lipinski definition) is 2. The van der Waals surface area contributed by atoms with Gasteiger partial charge in [-0.05, 0) is 32.2 Å². The van der Waals surface area contributed by atoms with Gasteiger partial charge in [0.05, 0.1) is 10.9 Å². The molecule has 2 aromatic heterocycles. The number of pyridine rings is 1. The summed E-state index contributed by atoms with van der Waals surface area (Å²) >= 11 is 0. The van der Waals surface area contributed by atoms with Crippen LogP contribution in [-0.4, -0.2) is 83.9 Å². The maximum atomic E-state index is 15.3. The third-order valence-corrected chi connectivity index (χ3v) is 6.40. The number of phenolic OH excluding ortho intramolecular Hbond substituents is 1. The first-order chi connectivity index (χ1) is 15.9. The van der Waals surface area contributed by atoms with Crippen molar-refractivity contribution in [2.45, 2.75) is 13.0 Å². The average Bonchev–Trinajstić information content (AvgIpc) is 2.80. The lowest BCUT2D eigenvalue weighted by Crippen LogP contribution is -2.50. The van der Waals surface area contributed by atoms with Crippen LogP contribution in [0.4, 0.5) is 20.5 Å². The molecule has 10 heteroatoms. The van der Waals surface area contributed by atoms with E-state index in [0.717, 1.165) is 39.3 Å². The minimum atomic E-state index is -0.745. The molecule has 0 saturated carbocycles. The fourth-order valence-electron chi connectivity index (χ4n) is 4.45. The number of aromatic hydroxyl groups is 1. The van der Waals surface area contributed by atoms with E-state index in [1.54, 1.807) is 0 Å². The zero-order chi connectivity index (χ0) is 23.1. The maximum Gasteiger partial charge on any atom is 0.229 e. The molecule has 5 rings (SSSR count). The summed E-state index contributed by atoms with van der Waals surface area (Å²) in [6.45, 7) is 7.67. The van der Waals surface area contributed by atoms with Gasteiger partial charge in [0.25, 0.3) is 0 Å². The Balaban J connectivity index is 1.70. The molecule has 2 aliphatic heterocycles. The standard InChI is InChI=1S/C23H27F2N7O/c1-14-13-26-6-7-32(14)22-15-12-17(25)20(19-16(24)4-3-5-18(19)33)27-21(15)28-23(29-22)31-10-8-30(2)9-11-31/h3-5,12,14,26,33H,6-11,13H2,1-2H3/t14-/m1/s1. The minimum Gasteiger partial charge on any atom is -0.507 e. The van der Waals surface area contributed by atoms with Crippen molar-refractivity contribution >= 4 is 22.8 Å². The van der Waals surface area contributed by atoms with Crippen LogP contribution in [0, 0.1) is 11.6 Å². The predicted octanol–water partition coefficient (Wildman–Crippen LogP) is 2.23. The van der Waals surface area contributed by atoms with Crippen LogP contribution in [0.1, 0.15) is 6.92 Å². The van der Waals surface area contributed by atoms with Crippen LogP contribution in [0.5, 0.6) is 5.75 Å². The number of likely N-dealkylation sites (N-methyl/N-ethyl adjacent to an activating group) is 1. The van der Waals surface area contributed by atoms with Crippen LogP contribution in [0.2, 0.25) is 0 Å². The molecule has 0 amide bonds. The number of nitrogens with one attached hydrogen (secondary N) is 1. The molecule has 4 heterocycles. The van der Waals surface area contributed by atoms with Crippen molar-refractivity contribution in [3.8, 4) is 17.0 Å². The number of halogens is 2. The normalized spacial score (nSPS) is 19.9. The zero-order valence-electron chi connectivity index (χ0n) is 18.7. The molecule has 0 unspecified atom stereocenters. The van der Waals surface area contributed by atoms with Crippen molar-refractivity contribution < 1.29 is 13.9 Å². The number of phenols is 1. The molecule has 1 atom stereocenters. The number of fused-ring (bicyclic) bond motifs is 1. The lowest BCUT2D eigenvalue weighted by Gasteiger charge is -2.37. The number of piperazine rings is 2. The molecular formula is C23H27F2N7O. The van der Waals surface area contributed by atoms with E-state index in [9.17, 15) is 9.50 Å². The molecule has 1 aromatic carbocycles. The van der Waals surface area contributed by atoms with Gasteiger partial charge in [0.2, 0.25) is 5.95 Å². The summed E-state index contributed by atoms with van der Waals surface area (Å²) in [5.74, 6) is -0.698. The van der Waals surface area contributed by atoms with Crippen molar-refractivity contribution in [2.75, 3.05) is 62.7 Å². The van der Waals surface area contributed by atoms with Gasteiger partial charge < -0.3 is 25.1 Å². The van der Waals surface area contributed by atoms with E-state index >= 15 is 4.39 Å². The minimum absolute atomic E-state index is 0.149. The Morgan fingerprint density at radius 1 is 1.03 bits per heavy atom. The van der Waals surface area contributed by atoms with E-state index < -0.39 is 11.6 Å². The van der Waals surface area contributed by atoms with E-state index in [2.05, 4.69) is 44.0 Å². The third-order valence-electron chi connectivity index (χ3n) is 6.40. The molecule has 3 aromatic rings. The number of benzene rings is 1. The van der Waals surface area contributed by atoms with Gasteiger partial charge in [0, 0.05) is 51.9 Å². The van der Waals surface area contributed by atoms with Crippen molar-refractivity contribution in [1.82, 2.24) is 25.2 Å². The molecule has 174 valence electrons. The SMILES string of the molecule is C[C@@H]1CNCCN1c1nc(N2CCN(C)CC2)nc2nc(-c3c(O)cccc3F)c(F)cc12. The maximum absolute atomic E-state index is 15.3. The molecule has 33 heavy (non-hydrogen) atoms. The Morgan fingerprint density at radius 2 is 1.82 bits per heavy atom. The van der Waals surface area contributed by atoms with E-state index in [-0.39, 0.29) is 28.7 Å². The molecule has 0 radical (unpaired) electrons. The van der Waals surface area contributed by atoms with Gasteiger partial charge in [-0.15, -0.1) is 0 Å². The number of rotatable bonds is 3. The second kappa shape index (κ2) is 8.68. The van der Waals surface area contributed by atoms with Crippen molar-refractivity contribution in [2.24, 2.45) is 0 Å². The second-order valence-electron chi connectivity index (χ2n) is 8.71. The van der Waals surface area contributed by atoms with E-state index in [1.807, 2.05) is 0 Å². The molecule has 0 aliphatic carbocycles. The Hall–Kier alpha value is -3.11. The van der Waals surface area contributed by atoms with Crippen molar-refractivity contribution in [1.29, 1.82) is 0 Å². The highest BCUT2D eigenvalue weighted by atomic mass is 19.1. The Bertz CT molecular complexity index is 1160. The van der Waals surface area contributed by atoms with Gasteiger partial charge in [0.15, 0.2) is 11.5 Å². The molecular weight excluding hydrogens is 428 g/mol. The van der Waals surface area contributed by atoms with E-state index in [1.165, 1.54) is 24.3 Å². The first-order valence-electron chi connectivity index (χ1n) is 11.2. The summed E-state index contributed by atoms with van der Waals surface area (Å²) < 4.78 is 29.8. The van der Waals surface area contributed by atoms with Crippen LogP contribution >= 0.6 is 0 Å². The van der Waals surface area contributed by atoms with Crippen LogP contribution in [-0.2, 0) is 0 Å². The molecule has 2 aliphatic rings. The first kappa shape index (κ1) is 21.7. The van der Waals surface area contributed by atoms with Gasteiger partial charge in [-0.25, -0.2) is 13.8 Å². The third kappa shape index (κ3) is 4.04. The number of aromatic nitrogens is 3. The molecule has 0 spiro atoms. The van der Waals surface area contributed by atoms with Gasteiger partial charge >= 0.3 is 0 Å². The topological polar surface area (TPSA) is 80.7 Å². The summed E-state index contributed by atoms with van der Waals surface area (Å²) in [5, 5.41) is 14.0. The molecule has 0 bridgehead atoms. The largest absolute Gasteiger partial charge is 0.507 e. The average molecular weight is 456 g/mol. The number of hydrogen-bond acceptors (Lipinski definition) is 8. The lowest BCUT2D eigenvalue weighted by atomic mass is 10.1. The fraction of sp³-hybridized carbons (Fsp3) is 0.435. The fourth-order valence-corrected chi connectivity index (χ4v) is 4.45. The number of anilines is 2. The number of nitrogens with zero attached hydrogens (tertiary/aromatic N) is 6. The second-order valence-corrected chi connectivity index (χ2v) is 8.71. The highest BCUT2D eigenvalue weighted by molar-refractivity contribution is 5.90. The zero-order valence-corrected chi connectivity index (χ0v) is 18.7. The van der Waals surface area contributed by atoms with Gasteiger partial charge in [-0.3, -0.25) is 0 Å². The van der Waals surface area contributed by atoms with E-state index in [0.29, 0.717) is 23.7 Å². The van der Waals surface area contributed by atoms with Gasteiger partial charge in [0.1, 0.15) is 23.1 Å². The van der Waals surface area contributed by atoms with Crippen LogP contribution < -0.4 is 15.1 Å². The lowest BCUT2D eigenvalue weighted by molar-refractivity contribution is 0.311. The highest BCUT2D eigenvalue weighted by Gasteiger charge is 2.27. The molecule has 2 N–H and O–H groups in total. The summed E-state index contributed by atoms with van der Waals surface area (Å²) in [4.78, 5) is 20.4. The van der Waals surface area contributed by atoms with Gasteiger partial charge in [-0.1, -0.05) is 6.07 Å². The summed E-state index contributed by atoms with van der Waals surface area (Å²) in [7, 11) is 2.07. The summed E-state index contributed by atoms with van der Waals surface area (Å²) in [5.41, 5.74) is -0.257. The Kier molecular flexibility index (Phi) is 5.71. The van der Waals surface area contributed by atoms with Crippen LogP contribution in [0.25, 0.3) is 22.3 Å². The quantitative estimate of drug-likeness (QED) is 0.623. The smallest absolute Gasteiger partial charge is 0.229 e. The van der Waals surface area contributed by atoms with Crippen LogP contribution in [0.15, 0.2) is 24.3 Å². The first-order valence-corrected chi connectivity index (χ1v) is 11.2. The van der Waals surface area contributed by atoms with Gasteiger partial charge in [-0.2, -0.15) is 9.97 Å². The molecule has 2 saturated heterocycles. The van der Waals surface area contributed by atoms with Crippen molar-refractivity contribution in [3.05, 3.63) is 35.9 Å². The summed E-state index contributed by atoms with van der Waals surface area (Å²) in [6.07, 6.45) is 0. The highest BCUT2D eigenvalue weighted by Crippen LogP contribution is 2.36. The monoisotopic (exact) mass is 455 g/mol. The Labute approximate surface area is 190 Å². The molecule has 2 fully saturated rings.